The van der Waals surface area contributed by atoms with Crippen molar-refractivity contribution in [2.75, 3.05) is 12.9 Å². The predicted octanol–water partition coefficient (Wildman–Crippen LogP) is 2.78. The van der Waals surface area contributed by atoms with Crippen molar-refractivity contribution in [2.24, 2.45) is 0 Å². The van der Waals surface area contributed by atoms with Crippen LogP contribution in [-0.2, 0) is 14.3 Å². The van der Waals surface area contributed by atoms with Gasteiger partial charge in [0.1, 0.15) is 0 Å². The SMILES string of the molecule is COC(=O)CCCCCCCSC(C)=O. The summed E-state index contributed by atoms with van der Waals surface area (Å²) >= 11 is 1.39. The molecule has 0 unspecified atom stereocenters. The smallest absolute Gasteiger partial charge is 0.305 e. The van der Waals surface area contributed by atoms with E-state index in [2.05, 4.69) is 4.74 Å². The molecule has 15 heavy (non-hydrogen) atoms. The van der Waals surface area contributed by atoms with Gasteiger partial charge >= 0.3 is 5.97 Å². The van der Waals surface area contributed by atoms with E-state index in [0.29, 0.717) is 6.42 Å². The van der Waals surface area contributed by atoms with E-state index in [4.69, 9.17) is 0 Å². The van der Waals surface area contributed by atoms with E-state index in [-0.39, 0.29) is 11.1 Å². The minimum atomic E-state index is -0.123. The maximum Gasteiger partial charge on any atom is 0.305 e. The Morgan fingerprint density at radius 3 is 2.27 bits per heavy atom. The highest BCUT2D eigenvalue weighted by molar-refractivity contribution is 8.13. The molecule has 0 aromatic heterocycles. The summed E-state index contributed by atoms with van der Waals surface area (Å²) in [6.07, 6.45) is 5.87. The van der Waals surface area contributed by atoms with E-state index in [9.17, 15) is 9.59 Å². The standard InChI is InChI=1S/C11H20O3S/c1-10(12)15-9-7-5-3-4-6-8-11(13)14-2/h3-9H2,1-2H3. The van der Waals surface area contributed by atoms with Crippen molar-refractivity contribution in [3.8, 4) is 0 Å². The number of hydrogen-bond acceptors (Lipinski definition) is 4. The van der Waals surface area contributed by atoms with E-state index in [0.717, 1.165) is 37.9 Å². The third-order valence-corrected chi connectivity index (χ3v) is 2.96. The molecule has 0 aromatic carbocycles. The van der Waals surface area contributed by atoms with Gasteiger partial charge in [-0.2, -0.15) is 0 Å². The Balaban J connectivity index is 3.05. The third-order valence-electron chi connectivity index (χ3n) is 2.06. The lowest BCUT2D eigenvalue weighted by Crippen LogP contribution is -1.99. The molecule has 4 heteroatoms. The summed E-state index contributed by atoms with van der Waals surface area (Å²) in [4.78, 5) is 21.4. The van der Waals surface area contributed by atoms with E-state index < -0.39 is 0 Å². The highest BCUT2D eigenvalue weighted by atomic mass is 32.2. The molecule has 0 aliphatic heterocycles. The second kappa shape index (κ2) is 10.0. The molecule has 0 bridgehead atoms. The van der Waals surface area contributed by atoms with Gasteiger partial charge in [-0.3, -0.25) is 9.59 Å². The van der Waals surface area contributed by atoms with Gasteiger partial charge in [0.2, 0.25) is 0 Å². The molecule has 0 aromatic rings. The summed E-state index contributed by atoms with van der Waals surface area (Å²) < 4.78 is 4.54. The maximum absolute atomic E-state index is 10.8. The molecule has 0 amide bonds. The molecule has 0 radical (unpaired) electrons. The topological polar surface area (TPSA) is 43.4 Å². The van der Waals surface area contributed by atoms with Crippen LogP contribution in [0.4, 0.5) is 0 Å². The first-order chi connectivity index (χ1) is 7.16. The fourth-order valence-electron chi connectivity index (χ4n) is 1.22. The largest absolute Gasteiger partial charge is 0.469 e. The van der Waals surface area contributed by atoms with Crippen molar-refractivity contribution >= 4 is 22.8 Å². The van der Waals surface area contributed by atoms with Crippen LogP contribution in [0.25, 0.3) is 0 Å². The zero-order chi connectivity index (χ0) is 11.5. The number of ether oxygens (including phenoxy) is 1. The number of carbonyl (C=O) groups is 2. The summed E-state index contributed by atoms with van der Waals surface area (Å²) in [7, 11) is 1.42. The molecule has 0 aliphatic carbocycles. The molecule has 0 aliphatic rings. The third kappa shape index (κ3) is 11.4. The van der Waals surface area contributed by atoms with Gasteiger partial charge in [-0.1, -0.05) is 31.0 Å². The van der Waals surface area contributed by atoms with Crippen molar-refractivity contribution in [1.29, 1.82) is 0 Å². The summed E-state index contributed by atoms with van der Waals surface area (Å²) in [5.74, 6) is 0.800. The number of carbonyl (C=O) groups excluding carboxylic acids is 2. The molecule has 0 saturated carbocycles. The number of unbranched alkanes of at least 4 members (excludes halogenated alkanes) is 4. The van der Waals surface area contributed by atoms with Gasteiger partial charge in [-0.15, -0.1) is 0 Å². The zero-order valence-electron chi connectivity index (χ0n) is 9.58. The number of rotatable bonds is 8. The Morgan fingerprint density at radius 2 is 1.67 bits per heavy atom. The second-order valence-corrected chi connectivity index (χ2v) is 4.71. The molecule has 88 valence electrons. The normalized spacial score (nSPS) is 10.0. The van der Waals surface area contributed by atoms with Crippen LogP contribution in [0, 0.1) is 0 Å². The van der Waals surface area contributed by atoms with E-state index in [1.807, 2.05) is 0 Å². The molecule has 0 rings (SSSR count). The second-order valence-electron chi connectivity index (χ2n) is 3.43. The molecule has 3 nitrogen and oxygen atoms in total. The Hall–Kier alpha value is -0.510. The first kappa shape index (κ1) is 14.5. The van der Waals surface area contributed by atoms with Crippen molar-refractivity contribution < 1.29 is 14.3 Å². The van der Waals surface area contributed by atoms with Gasteiger partial charge < -0.3 is 4.74 Å². The summed E-state index contributed by atoms with van der Waals surface area (Å²) in [5.41, 5.74) is 0. The number of thioether (sulfide) groups is 1. The molecule has 0 spiro atoms. The fraction of sp³-hybridized carbons (Fsp3) is 0.818. The predicted molar refractivity (Wildman–Crippen MR) is 62.9 cm³/mol. The van der Waals surface area contributed by atoms with E-state index in [1.54, 1.807) is 6.92 Å². The quantitative estimate of drug-likeness (QED) is 0.477. The van der Waals surface area contributed by atoms with Crippen LogP contribution in [0.1, 0.15) is 45.4 Å². The van der Waals surface area contributed by atoms with Gasteiger partial charge in [-0.05, 0) is 12.8 Å². The van der Waals surface area contributed by atoms with Gasteiger partial charge in [0.25, 0.3) is 0 Å². The number of methoxy groups -OCH3 is 1. The Bertz CT molecular complexity index is 192. The van der Waals surface area contributed by atoms with Gasteiger partial charge in [0.15, 0.2) is 5.12 Å². The van der Waals surface area contributed by atoms with Crippen molar-refractivity contribution in [1.82, 2.24) is 0 Å². The minimum Gasteiger partial charge on any atom is -0.469 e. The maximum atomic E-state index is 10.8. The van der Waals surface area contributed by atoms with Crippen LogP contribution < -0.4 is 0 Å². The zero-order valence-corrected chi connectivity index (χ0v) is 10.4. The van der Waals surface area contributed by atoms with Gasteiger partial charge in [-0.25, -0.2) is 0 Å². The minimum absolute atomic E-state index is 0.123. The highest BCUT2D eigenvalue weighted by Crippen LogP contribution is 2.10. The molecule has 0 fully saturated rings. The lowest BCUT2D eigenvalue weighted by molar-refractivity contribution is -0.140. The number of hydrogen-bond donors (Lipinski definition) is 0. The van der Waals surface area contributed by atoms with Crippen LogP contribution in [0.5, 0.6) is 0 Å². The van der Waals surface area contributed by atoms with Crippen LogP contribution in [0.3, 0.4) is 0 Å². The molecular formula is C11H20O3S. The van der Waals surface area contributed by atoms with Crippen molar-refractivity contribution in [3.63, 3.8) is 0 Å². The van der Waals surface area contributed by atoms with E-state index in [1.165, 1.54) is 18.9 Å². The van der Waals surface area contributed by atoms with Gasteiger partial charge in [0, 0.05) is 19.1 Å². The van der Waals surface area contributed by atoms with E-state index >= 15 is 0 Å². The average Bonchev–Trinajstić information content (AvgIpc) is 2.21. The monoisotopic (exact) mass is 232 g/mol. The van der Waals surface area contributed by atoms with Gasteiger partial charge in [0.05, 0.1) is 7.11 Å². The summed E-state index contributed by atoms with van der Waals surface area (Å²) in [6, 6.07) is 0. The first-order valence-electron chi connectivity index (χ1n) is 5.37. The van der Waals surface area contributed by atoms with Crippen LogP contribution >= 0.6 is 11.8 Å². The van der Waals surface area contributed by atoms with Crippen LogP contribution in [0.15, 0.2) is 0 Å². The summed E-state index contributed by atoms with van der Waals surface area (Å²) in [6.45, 7) is 1.60. The molecular weight excluding hydrogens is 212 g/mol. The first-order valence-corrected chi connectivity index (χ1v) is 6.35. The molecule has 0 heterocycles. The number of esters is 1. The lowest BCUT2D eigenvalue weighted by Gasteiger charge is -2.00. The fourth-order valence-corrected chi connectivity index (χ4v) is 1.86. The Morgan fingerprint density at radius 1 is 1.07 bits per heavy atom. The highest BCUT2D eigenvalue weighted by Gasteiger charge is 1.99. The average molecular weight is 232 g/mol. The van der Waals surface area contributed by atoms with Crippen molar-refractivity contribution in [3.05, 3.63) is 0 Å². The molecule has 0 atom stereocenters. The molecule has 0 N–H and O–H groups in total. The lowest BCUT2D eigenvalue weighted by atomic mass is 10.1. The summed E-state index contributed by atoms with van der Waals surface area (Å²) in [5, 5.41) is 0.195. The van der Waals surface area contributed by atoms with Crippen LogP contribution in [0.2, 0.25) is 0 Å². The van der Waals surface area contributed by atoms with Crippen LogP contribution in [-0.4, -0.2) is 23.9 Å². The Labute approximate surface area is 95.9 Å². The molecule has 0 saturated heterocycles. The Kier molecular flexibility index (Phi) is 9.68. The van der Waals surface area contributed by atoms with Crippen molar-refractivity contribution in [2.45, 2.75) is 45.4 Å².